The average Bonchev–Trinajstić information content (AvgIpc) is 2.59. The van der Waals surface area contributed by atoms with E-state index < -0.39 is 0 Å². The first-order valence-corrected chi connectivity index (χ1v) is 9.88. The molecule has 0 aliphatic carbocycles. The Kier molecular flexibility index (Phi) is 11.8. The standard InChI is InChI=1S/C21H35NO3/c1-2-11-19(23)12-9-7-5-3-4-6-8-10-13-21(25)22-18-14-16-20(24)17-15-18/h14-17,19,23-24H,2-13H2,1H3,(H,22,25). The van der Waals surface area contributed by atoms with Gasteiger partial charge < -0.3 is 15.5 Å². The second kappa shape index (κ2) is 13.7. The third kappa shape index (κ3) is 11.6. The first kappa shape index (κ1) is 21.5. The summed E-state index contributed by atoms with van der Waals surface area (Å²) < 4.78 is 0. The number of anilines is 1. The van der Waals surface area contributed by atoms with Crippen LogP contribution >= 0.6 is 0 Å². The Labute approximate surface area is 152 Å². The van der Waals surface area contributed by atoms with Crippen molar-refractivity contribution < 1.29 is 15.0 Å². The Bertz CT molecular complexity index is 459. The van der Waals surface area contributed by atoms with Gasteiger partial charge in [-0.25, -0.2) is 0 Å². The van der Waals surface area contributed by atoms with Crippen molar-refractivity contribution in [2.75, 3.05) is 5.32 Å². The highest BCUT2D eigenvalue weighted by Gasteiger charge is 2.03. The number of aliphatic hydroxyl groups is 1. The van der Waals surface area contributed by atoms with Crippen LogP contribution in [0, 0.1) is 0 Å². The Balaban J connectivity index is 1.89. The lowest BCUT2D eigenvalue weighted by molar-refractivity contribution is -0.116. The van der Waals surface area contributed by atoms with Gasteiger partial charge in [-0.05, 0) is 43.5 Å². The highest BCUT2D eigenvalue weighted by molar-refractivity contribution is 5.90. The van der Waals surface area contributed by atoms with E-state index in [1.165, 1.54) is 32.1 Å². The predicted octanol–water partition coefficient (Wildman–Crippen LogP) is 5.39. The summed E-state index contributed by atoms with van der Waals surface area (Å²) in [5.74, 6) is 0.242. The van der Waals surface area contributed by atoms with E-state index in [0.717, 1.165) is 44.2 Å². The van der Waals surface area contributed by atoms with Gasteiger partial charge in [0.2, 0.25) is 5.91 Å². The minimum atomic E-state index is -0.0993. The molecule has 1 aromatic carbocycles. The maximum absolute atomic E-state index is 11.8. The fraction of sp³-hybridized carbons (Fsp3) is 0.667. The fourth-order valence-electron chi connectivity index (χ4n) is 2.97. The maximum atomic E-state index is 11.8. The number of rotatable bonds is 14. The van der Waals surface area contributed by atoms with Gasteiger partial charge in [0.05, 0.1) is 6.10 Å². The molecule has 0 aliphatic rings. The fourth-order valence-corrected chi connectivity index (χ4v) is 2.97. The second-order valence-electron chi connectivity index (χ2n) is 6.90. The van der Waals surface area contributed by atoms with Gasteiger partial charge >= 0.3 is 0 Å². The van der Waals surface area contributed by atoms with Crippen molar-refractivity contribution in [2.45, 2.75) is 90.1 Å². The molecular formula is C21H35NO3. The molecule has 0 fully saturated rings. The largest absolute Gasteiger partial charge is 0.508 e. The Morgan fingerprint density at radius 3 is 2.08 bits per heavy atom. The van der Waals surface area contributed by atoms with Crippen LogP contribution in [0.25, 0.3) is 0 Å². The summed E-state index contributed by atoms with van der Waals surface area (Å²) in [6, 6.07) is 6.54. The molecule has 1 amide bonds. The topological polar surface area (TPSA) is 69.6 Å². The maximum Gasteiger partial charge on any atom is 0.224 e. The zero-order chi connectivity index (χ0) is 18.3. The first-order chi connectivity index (χ1) is 12.1. The van der Waals surface area contributed by atoms with Gasteiger partial charge in [-0.15, -0.1) is 0 Å². The molecule has 1 atom stereocenters. The van der Waals surface area contributed by atoms with Crippen molar-refractivity contribution in [1.29, 1.82) is 0 Å². The van der Waals surface area contributed by atoms with Crippen molar-refractivity contribution in [2.24, 2.45) is 0 Å². The van der Waals surface area contributed by atoms with Crippen LogP contribution in [0.3, 0.4) is 0 Å². The summed E-state index contributed by atoms with van der Waals surface area (Å²) in [6.07, 6.45) is 12.7. The highest BCUT2D eigenvalue weighted by Crippen LogP contribution is 2.15. The van der Waals surface area contributed by atoms with E-state index in [1.54, 1.807) is 24.3 Å². The molecule has 4 heteroatoms. The van der Waals surface area contributed by atoms with Crippen molar-refractivity contribution in [3.8, 4) is 5.75 Å². The molecule has 1 aromatic rings. The van der Waals surface area contributed by atoms with Crippen LogP contribution in [0.1, 0.15) is 84.0 Å². The van der Waals surface area contributed by atoms with Crippen LogP contribution in [0.4, 0.5) is 5.69 Å². The molecule has 0 saturated carbocycles. The normalized spacial score (nSPS) is 12.1. The van der Waals surface area contributed by atoms with Crippen molar-refractivity contribution in [3.63, 3.8) is 0 Å². The summed E-state index contributed by atoms with van der Waals surface area (Å²) in [7, 11) is 0. The summed E-state index contributed by atoms with van der Waals surface area (Å²) >= 11 is 0. The van der Waals surface area contributed by atoms with Gasteiger partial charge in [0, 0.05) is 12.1 Å². The van der Waals surface area contributed by atoms with Gasteiger partial charge in [-0.1, -0.05) is 58.3 Å². The van der Waals surface area contributed by atoms with Crippen molar-refractivity contribution >= 4 is 11.6 Å². The Morgan fingerprint density at radius 1 is 0.920 bits per heavy atom. The molecule has 0 heterocycles. The van der Waals surface area contributed by atoms with E-state index in [1.807, 2.05) is 0 Å². The number of amides is 1. The smallest absolute Gasteiger partial charge is 0.224 e. The number of phenols is 1. The van der Waals surface area contributed by atoms with Gasteiger partial charge in [0.15, 0.2) is 0 Å². The van der Waals surface area contributed by atoms with E-state index in [9.17, 15) is 15.0 Å². The molecule has 142 valence electrons. The minimum absolute atomic E-state index is 0.0383. The predicted molar refractivity (Wildman–Crippen MR) is 104 cm³/mol. The average molecular weight is 350 g/mol. The van der Waals surface area contributed by atoms with Gasteiger partial charge in [-0.3, -0.25) is 4.79 Å². The third-order valence-electron chi connectivity index (χ3n) is 4.46. The first-order valence-electron chi connectivity index (χ1n) is 9.88. The van der Waals surface area contributed by atoms with Crippen LogP contribution in [-0.4, -0.2) is 22.2 Å². The van der Waals surface area contributed by atoms with E-state index in [0.29, 0.717) is 6.42 Å². The number of hydrogen-bond donors (Lipinski definition) is 3. The van der Waals surface area contributed by atoms with E-state index in [4.69, 9.17) is 0 Å². The van der Waals surface area contributed by atoms with Gasteiger partial charge in [-0.2, -0.15) is 0 Å². The van der Waals surface area contributed by atoms with E-state index in [-0.39, 0.29) is 17.8 Å². The minimum Gasteiger partial charge on any atom is -0.508 e. The summed E-state index contributed by atoms with van der Waals surface area (Å²) in [4.78, 5) is 11.8. The lowest BCUT2D eigenvalue weighted by atomic mass is 10.0. The Morgan fingerprint density at radius 2 is 1.48 bits per heavy atom. The highest BCUT2D eigenvalue weighted by atomic mass is 16.3. The number of aromatic hydroxyl groups is 1. The molecule has 3 N–H and O–H groups in total. The number of phenolic OH excluding ortho intramolecular Hbond substituents is 1. The lowest BCUT2D eigenvalue weighted by Gasteiger charge is -2.08. The number of aliphatic hydroxyl groups excluding tert-OH is 1. The zero-order valence-corrected chi connectivity index (χ0v) is 15.7. The van der Waals surface area contributed by atoms with Crippen LogP contribution in [0.15, 0.2) is 24.3 Å². The van der Waals surface area contributed by atoms with Gasteiger partial charge in [0.25, 0.3) is 0 Å². The molecular weight excluding hydrogens is 314 g/mol. The summed E-state index contributed by atoms with van der Waals surface area (Å²) in [5, 5.41) is 21.7. The molecule has 25 heavy (non-hydrogen) atoms. The van der Waals surface area contributed by atoms with Crippen LogP contribution in [0.2, 0.25) is 0 Å². The monoisotopic (exact) mass is 349 g/mol. The molecule has 4 nitrogen and oxygen atoms in total. The summed E-state index contributed by atoms with van der Waals surface area (Å²) in [6.45, 7) is 2.11. The molecule has 0 radical (unpaired) electrons. The quantitative estimate of drug-likeness (QED) is 0.311. The Hall–Kier alpha value is -1.55. The molecule has 0 bridgehead atoms. The molecule has 0 aliphatic heterocycles. The molecule has 0 aromatic heterocycles. The number of benzene rings is 1. The third-order valence-corrected chi connectivity index (χ3v) is 4.46. The van der Waals surface area contributed by atoms with Crippen molar-refractivity contribution in [1.82, 2.24) is 0 Å². The number of carbonyl (C=O) groups excluding carboxylic acids is 1. The molecule has 1 unspecified atom stereocenters. The number of unbranched alkanes of at least 4 members (excludes halogenated alkanes) is 7. The van der Waals surface area contributed by atoms with Crippen molar-refractivity contribution in [3.05, 3.63) is 24.3 Å². The van der Waals surface area contributed by atoms with Gasteiger partial charge in [0.1, 0.15) is 5.75 Å². The van der Waals surface area contributed by atoms with Crippen LogP contribution < -0.4 is 5.32 Å². The van der Waals surface area contributed by atoms with E-state index in [2.05, 4.69) is 12.2 Å². The lowest BCUT2D eigenvalue weighted by Crippen LogP contribution is -2.10. The molecule has 0 spiro atoms. The number of nitrogens with one attached hydrogen (secondary N) is 1. The van der Waals surface area contributed by atoms with Crippen LogP contribution in [-0.2, 0) is 4.79 Å². The molecule has 1 rings (SSSR count). The molecule has 0 saturated heterocycles. The number of hydrogen-bond acceptors (Lipinski definition) is 3. The zero-order valence-electron chi connectivity index (χ0n) is 15.7. The second-order valence-corrected chi connectivity index (χ2v) is 6.90. The number of carbonyl (C=O) groups is 1. The summed E-state index contributed by atoms with van der Waals surface area (Å²) in [5.41, 5.74) is 0.729. The SMILES string of the molecule is CCCC(O)CCCCCCCCCCC(=O)Nc1ccc(O)cc1. The van der Waals surface area contributed by atoms with E-state index >= 15 is 0 Å². The van der Waals surface area contributed by atoms with Crippen LogP contribution in [0.5, 0.6) is 5.75 Å².